The summed E-state index contributed by atoms with van der Waals surface area (Å²) >= 11 is 0. The molecule has 4 nitrogen and oxygen atoms in total. The summed E-state index contributed by atoms with van der Waals surface area (Å²) in [6.45, 7) is 0. The first-order chi connectivity index (χ1) is 7.90. The lowest BCUT2D eigenvalue weighted by Crippen LogP contribution is -2.44. The van der Waals surface area contributed by atoms with Gasteiger partial charge in [-0.15, -0.1) is 0 Å². The molecule has 94 valence electrons. The Morgan fingerprint density at radius 3 is 2.47 bits per heavy atom. The second-order valence-electron chi connectivity index (χ2n) is 5.52. The molecule has 0 aromatic heterocycles. The van der Waals surface area contributed by atoms with Crippen LogP contribution in [-0.2, 0) is 4.79 Å². The molecule has 3 amide bonds. The summed E-state index contributed by atoms with van der Waals surface area (Å²) in [6, 6.07) is -0.500. The van der Waals surface area contributed by atoms with E-state index < -0.39 is 17.5 Å². The third-order valence-electron chi connectivity index (χ3n) is 4.34. The van der Waals surface area contributed by atoms with Gasteiger partial charge in [0.15, 0.2) is 0 Å². The number of amides is 3. The summed E-state index contributed by atoms with van der Waals surface area (Å²) in [4.78, 5) is 22.9. The lowest BCUT2D eigenvalue weighted by atomic mass is 9.80. The van der Waals surface area contributed by atoms with Gasteiger partial charge in [-0.25, -0.2) is 13.6 Å². The molecule has 3 rings (SSSR count). The van der Waals surface area contributed by atoms with Crippen molar-refractivity contribution in [2.24, 2.45) is 11.8 Å². The number of hydrogen-bond acceptors (Lipinski definition) is 2. The fraction of sp³-hybridized carbons (Fsp3) is 0.818. The smallest absolute Gasteiger partial charge is 0.322 e. The molecule has 0 bridgehead atoms. The van der Waals surface area contributed by atoms with Crippen molar-refractivity contribution in [2.45, 2.75) is 43.6 Å². The van der Waals surface area contributed by atoms with E-state index >= 15 is 0 Å². The summed E-state index contributed by atoms with van der Waals surface area (Å²) in [5.74, 6) is -2.96. The first-order valence-electron chi connectivity index (χ1n) is 5.92. The molecule has 1 unspecified atom stereocenters. The summed E-state index contributed by atoms with van der Waals surface area (Å²) in [7, 11) is 0. The topological polar surface area (TPSA) is 58.2 Å². The Kier molecular flexibility index (Phi) is 2.04. The van der Waals surface area contributed by atoms with Crippen LogP contribution in [0.4, 0.5) is 13.6 Å². The first kappa shape index (κ1) is 10.9. The van der Waals surface area contributed by atoms with Crippen molar-refractivity contribution in [2.75, 3.05) is 0 Å². The highest BCUT2D eigenvalue weighted by atomic mass is 19.3. The number of imide groups is 1. The molecule has 2 saturated carbocycles. The van der Waals surface area contributed by atoms with Crippen LogP contribution in [0.1, 0.15) is 32.1 Å². The molecular weight excluding hydrogens is 230 g/mol. The van der Waals surface area contributed by atoms with Gasteiger partial charge in [-0.05, 0) is 31.1 Å². The Balaban J connectivity index is 1.81. The van der Waals surface area contributed by atoms with Crippen molar-refractivity contribution in [1.82, 2.24) is 10.6 Å². The Labute approximate surface area is 97.1 Å². The maximum absolute atomic E-state index is 13.3. The van der Waals surface area contributed by atoms with E-state index in [2.05, 4.69) is 10.6 Å². The van der Waals surface area contributed by atoms with E-state index in [1.807, 2.05) is 0 Å². The highest BCUT2D eigenvalue weighted by Crippen LogP contribution is 2.51. The third-order valence-corrected chi connectivity index (χ3v) is 4.34. The predicted molar refractivity (Wildman–Crippen MR) is 54.4 cm³/mol. The number of fused-ring (bicyclic) bond motifs is 1. The number of rotatable bonds is 0. The van der Waals surface area contributed by atoms with Crippen molar-refractivity contribution >= 4 is 11.9 Å². The average Bonchev–Trinajstić information content (AvgIpc) is 2.66. The summed E-state index contributed by atoms with van der Waals surface area (Å²) in [5.41, 5.74) is -0.910. The maximum Gasteiger partial charge on any atom is 0.322 e. The molecule has 2 N–H and O–H groups in total. The van der Waals surface area contributed by atoms with Crippen LogP contribution in [0.3, 0.4) is 0 Å². The van der Waals surface area contributed by atoms with Crippen LogP contribution in [0.25, 0.3) is 0 Å². The quantitative estimate of drug-likeness (QED) is 0.633. The van der Waals surface area contributed by atoms with Gasteiger partial charge in [0, 0.05) is 12.8 Å². The van der Waals surface area contributed by atoms with Crippen LogP contribution in [-0.4, -0.2) is 23.4 Å². The molecule has 2 aliphatic carbocycles. The van der Waals surface area contributed by atoms with Crippen molar-refractivity contribution in [3.8, 4) is 0 Å². The minimum atomic E-state index is -2.61. The lowest BCUT2D eigenvalue weighted by molar-refractivity contribution is -0.124. The average molecular weight is 244 g/mol. The van der Waals surface area contributed by atoms with Crippen molar-refractivity contribution in [3.63, 3.8) is 0 Å². The van der Waals surface area contributed by atoms with Gasteiger partial charge in [-0.3, -0.25) is 10.1 Å². The van der Waals surface area contributed by atoms with Gasteiger partial charge in [0.2, 0.25) is 5.92 Å². The number of hydrogen-bond donors (Lipinski definition) is 2. The Bertz CT molecular complexity index is 399. The Morgan fingerprint density at radius 1 is 1.12 bits per heavy atom. The van der Waals surface area contributed by atoms with Gasteiger partial charge >= 0.3 is 6.03 Å². The molecule has 3 fully saturated rings. The fourth-order valence-corrected chi connectivity index (χ4v) is 3.59. The van der Waals surface area contributed by atoms with Gasteiger partial charge in [0.1, 0.15) is 5.54 Å². The van der Waals surface area contributed by atoms with E-state index in [1.165, 1.54) is 0 Å². The van der Waals surface area contributed by atoms with E-state index in [-0.39, 0.29) is 30.6 Å². The zero-order valence-electron chi connectivity index (χ0n) is 9.26. The Hall–Kier alpha value is -1.20. The molecule has 17 heavy (non-hydrogen) atoms. The summed E-state index contributed by atoms with van der Waals surface area (Å²) in [6.07, 6.45) is 1.06. The van der Waals surface area contributed by atoms with Crippen molar-refractivity contribution in [3.05, 3.63) is 0 Å². The molecule has 3 aliphatic rings. The highest BCUT2D eigenvalue weighted by molar-refractivity contribution is 6.07. The van der Waals surface area contributed by atoms with E-state index in [0.29, 0.717) is 19.3 Å². The predicted octanol–water partition coefficient (Wildman–Crippen LogP) is 1.41. The molecule has 1 aliphatic heterocycles. The second kappa shape index (κ2) is 3.17. The van der Waals surface area contributed by atoms with Gasteiger partial charge in [-0.1, -0.05) is 0 Å². The van der Waals surface area contributed by atoms with E-state index in [9.17, 15) is 18.4 Å². The largest absolute Gasteiger partial charge is 0.323 e. The number of urea groups is 1. The molecule has 1 heterocycles. The lowest BCUT2D eigenvalue weighted by Gasteiger charge is -2.31. The number of carbonyl (C=O) groups excluding carboxylic acids is 2. The standard InChI is InChI=1S/C11H14F2N2O2/c12-11(13)2-1-6-3-10(4-7(6)5-11)8(16)14-9(17)15-10/h6-7H,1-5H2,(H2,14,15,16,17)/t6-,7+,10?/m0/s1. The fourth-order valence-electron chi connectivity index (χ4n) is 3.59. The van der Waals surface area contributed by atoms with Gasteiger partial charge < -0.3 is 5.32 Å². The molecule has 3 atom stereocenters. The maximum atomic E-state index is 13.3. The minimum absolute atomic E-state index is 0.0974. The Morgan fingerprint density at radius 2 is 1.82 bits per heavy atom. The van der Waals surface area contributed by atoms with Gasteiger partial charge in [0.05, 0.1) is 0 Å². The second-order valence-corrected chi connectivity index (χ2v) is 5.52. The van der Waals surface area contributed by atoms with Crippen LogP contribution < -0.4 is 10.6 Å². The monoisotopic (exact) mass is 244 g/mol. The van der Waals surface area contributed by atoms with Gasteiger partial charge in [0.25, 0.3) is 5.91 Å². The molecule has 0 aromatic carbocycles. The van der Waals surface area contributed by atoms with Gasteiger partial charge in [-0.2, -0.15) is 0 Å². The van der Waals surface area contributed by atoms with Crippen molar-refractivity contribution < 1.29 is 18.4 Å². The molecule has 6 heteroatoms. The van der Waals surface area contributed by atoms with E-state index in [4.69, 9.17) is 0 Å². The van der Waals surface area contributed by atoms with E-state index in [1.54, 1.807) is 0 Å². The van der Waals surface area contributed by atoms with Crippen molar-refractivity contribution in [1.29, 1.82) is 0 Å². The van der Waals surface area contributed by atoms with Crippen LogP contribution >= 0.6 is 0 Å². The first-order valence-corrected chi connectivity index (χ1v) is 5.92. The van der Waals surface area contributed by atoms with Crippen LogP contribution in [0, 0.1) is 11.8 Å². The van der Waals surface area contributed by atoms with Crippen LogP contribution in [0.2, 0.25) is 0 Å². The number of halogens is 2. The molecule has 1 spiro atoms. The third kappa shape index (κ3) is 1.61. The van der Waals surface area contributed by atoms with Crippen LogP contribution in [0.5, 0.6) is 0 Å². The highest BCUT2D eigenvalue weighted by Gasteiger charge is 2.57. The zero-order valence-corrected chi connectivity index (χ0v) is 9.26. The van der Waals surface area contributed by atoms with E-state index in [0.717, 1.165) is 0 Å². The SMILES string of the molecule is O=C1NC(=O)C2(C[C@@H]3CCC(F)(F)C[C@H]3C2)N1. The molecule has 0 aromatic rings. The molecule has 1 saturated heterocycles. The zero-order chi connectivity index (χ0) is 12.3. The molecular formula is C11H14F2N2O2. The number of carbonyl (C=O) groups is 2. The minimum Gasteiger partial charge on any atom is -0.323 e. The normalized spacial score (nSPS) is 43.4. The number of nitrogens with one attached hydrogen (secondary N) is 2. The van der Waals surface area contributed by atoms with Crippen LogP contribution in [0.15, 0.2) is 0 Å². The molecule has 0 radical (unpaired) electrons. The summed E-state index contributed by atoms with van der Waals surface area (Å²) in [5, 5.41) is 4.82. The summed E-state index contributed by atoms with van der Waals surface area (Å²) < 4.78 is 26.6. The number of alkyl halides is 2.